The fourth-order valence-electron chi connectivity index (χ4n) is 6.49. The first-order valence-electron chi connectivity index (χ1n) is 12.4. The smallest absolute Gasteiger partial charge is 0.120 e. The zero-order valence-electron chi connectivity index (χ0n) is 19.9. The van der Waals surface area contributed by atoms with Gasteiger partial charge in [0.05, 0.1) is 19.8 Å². The van der Waals surface area contributed by atoms with Crippen molar-refractivity contribution in [1.82, 2.24) is 19.8 Å². The van der Waals surface area contributed by atoms with E-state index in [1.807, 2.05) is 12.4 Å². The van der Waals surface area contributed by atoms with E-state index in [-0.39, 0.29) is 18.1 Å². The summed E-state index contributed by atoms with van der Waals surface area (Å²) in [6.07, 6.45) is 6.04. The van der Waals surface area contributed by atoms with Crippen LogP contribution in [0.1, 0.15) is 35.7 Å². The third kappa shape index (κ3) is 3.81. The van der Waals surface area contributed by atoms with Crippen LogP contribution in [0.4, 0.5) is 0 Å². The van der Waals surface area contributed by atoms with E-state index in [1.54, 1.807) is 7.11 Å². The minimum Gasteiger partial charge on any atom is -0.497 e. The summed E-state index contributed by atoms with van der Waals surface area (Å²) >= 11 is 0. The van der Waals surface area contributed by atoms with E-state index in [4.69, 9.17) is 9.47 Å². The molecule has 1 spiro atoms. The lowest BCUT2D eigenvalue weighted by atomic mass is 9.68. The van der Waals surface area contributed by atoms with Crippen molar-refractivity contribution in [3.05, 3.63) is 59.5 Å². The molecule has 0 saturated carbocycles. The first-order chi connectivity index (χ1) is 16.7. The maximum absolute atomic E-state index is 10.5. The summed E-state index contributed by atoms with van der Waals surface area (Å²) in [5.41, 5.74) is 4.95. The molecule has 180 valence electrons. The molecule has 3 aliphatic rings. The number of aliphatic hydroxyl groups excluding tert-OH is 1. The Kier molecular flexibility index (Phi) is 5.81. The molecule has 0 aliphatic carbocycles. The molecule has 2 fully saturated rings. The summed E-state index contributed by atoms with van der Waals surface area (Å²) in [7, 11) is 1.71. The van der Waals surface area contributed by atoms with Gasteiger partial charge >= 0.3 is 0 Å². The van der Waals surface area contributed by atoms with Crippen LogP contribution in [0.25, 0.3) is 10.9 Å². The van der Waals surface area contributed by atoms with E-state index in [2.05, 4.69) is 50.1 Å². The molecule has 6 rings (SSSR count). The number of likely N-dealkylation sites (tertiary alicyclic amines) is 1. The third-order valence-corrected chi connectivity index (χ3v) is 8.06. The summed E-state index contributed by atoms with van der Waals surface area (Å²) in [5, 5.41) is 11.8. The number of aromatic nitrogens is 2. The van der Waals surface area contributed by atoms with Gasteiger partial charge in [0.1, 0.15) is 5.75 Å². The number of hydrogen-bond acceptors (Lipinski definition) is 6. The molecule has 2 N–H and O–H groups in total. The molecule has 0 bridgehead atoms. The molecule has 3 aliphatic heterocycles. The predicted octanol–water partition coefficient (Wildman–Crippen LogP) is 3.10. The lowest BCUT2D eigenvalue weighted by molar-refractivity contribution is -0.0258. The number of hydrogen-bond donors (Lipinski definition) is 2. The van der Waals surface area contributed by atoms with Gasteiger partial charge in [-0.05, 0) is 54.2 Å². The minimum atomic E-state index is -0.0586. The second-order valence-electron chi connectivity index (χ2n) is 10.3. The van der Waals surface area contributed by atoms with E-state index in [9.17, 15) is 5.11 Å². The lowest BCUT2D eigenvalue weighted by Gasteiger charge is -2.57. The Labute approximate surface area is 200 Å². The molecule has 34 heavy (non-hydrogen) atoms. The highest BCUT2D eigenvalue weighted by Gasteiger charge is 2.52. The molecule has 0 amide bonds. The van der Waals surface area contributed by atoms with Gasteiger partial charge in [-0.3, -0.25) is 9.88 Å². The van der Waals surface area contributed by atoms with E-state index in [0.717, 1.165) is 68.8 Å². The fraction of sp³-hybridized carbons (Fsp3) is 0.519. The topological polar surface area (TPSA) is 73.9 Å². The molecule has 2 saturated heterocycles. The van der Waals surface area contributed by atoms with Crippen LogP contribution in [0.15, 0.2) is 42.7 Å². The first-order valence-corrected chi connectivity index (χ1v) is 12.4. The van der Waals surface area contributed by atoms with Crippen molar-refractivity contribution in [1.29, 1.82) is 0 Å². The average Bonchev–Trinajstić information content (AvgIpc) is 3.23. The molecule has 3 aromatic rings. The molecule has 7 nitrogen and oxygen atoms in total. The number of benzene rings is 1. The van der Waals surface area contributed by atoms with Crippen LogP contribution in [0.3, 0.4) is 0 Å². The Morgan fingerprint density at radius 1 is 1.15 bits per heavy atom. The minimum absolute atomic E-state index is 0.0586. The molecular weight excluding hydrogens is 428 g/mol. The maximum atomic E-state index is 10.5. The summed E-state index contributed by atoms with van der Waals surface area (Å²) in [5.74, 6) is 1.59. The summed E-state index contributed by atoms with van der Waals surface area (Å²) in [6.45, 7) is 6.90. The first kappa shape index (κ1) is 22.0. The Morgan fingerprint density at radius 3 is 2.68 bits per heavy atom. The van der Waals surface area contributed by atoms with Gasteiger partial charge in [-0.15, -0.1) is 0 Å². The Hall–Kier alpha value is -2.45. The highest BCUT2D eigenvalue weighted by Crippen LogP contribution is 2.49. The Bertz CT molecular complexity index is 1140. The number of pyridine rings is 1. The molecule has 1 atom stereocenters. The van der Waals surface area contributed by atoms with Crippen LogP contribution < -0.4 is 4.74 Å². The summed E-state index contributed by atoms with van der Waals surface area (Å²) in [4.78, 5) is 13.0. The van der Waals surface area contributed by atoms with E-state index < -0.39 is 0 Å². The lowest BCUT2D eigenvalue weighted by Crippen LogP contribution is -2.66. The number of aliphatic hydroxyl groups is 1. The second kappa shape index (κ2) is 8.96. The number of fused-ring (bicyclic) bond motifs is 4. The van der Waals surface area contributed by atoms with Crippen molar-refractivity contribution in [2.75, 3.05) is 53.1 Å². The maximum Gasteiger partial charge on any atom is 0.120 e. The van der Waals surface area contributed by atoms with Crippen LogP contribution in [0, 0.1) is 5.92 Å². The molecule has 0 radical (unpaired) electrons. The number of H-pyrrole nitrogens is 1. The molecule has 2 aromatic heterocycles. The van der Waals surface area contributed by atoms with Gasteiger partial charge in [-0.2, -0.15) is 0 Å². The van der Waals surface area contributed by atoms with Gasteiger partial charge in [-0.1, -0.05) is 0 Å². The molecule has 1 aromatic carbocycles. The standard InChI is InChI=1S/C27H34N4O3/c1-33-21-2-3-22-23(12-21)29-26-24(15-32)31(14-19-4-8-28-9-5-19)18-27(25(22)26)16-30(17-27)13-20-6-10-34-11-7-20/h2-5,8-9,12,20,24,29,32H,6-7,10-11,13-18H2,1H3/t24-/m0/s1. The zero-order valence-corrected chi connectivity index (χ0v) is 19.9. The number of rotatable bonds is 6. The Balaban J connectivity index is 1.35. The normalized spacial score (nSPS) is 23.2. The number of ether oxygens (including phenoxy) is 2. The number of nitrogens with one attached hydrogen (secondary N) is 1. The van der Waals surface area contributed by atoms with E-state index in [0.29, 0.717) is 0 Å². The third-order valence-electron chi connectivity index (χ3n) is 8.06. The predicted molar refractivity (Wildman–Crippen MR) is 131 cm³/mol. The average molecular weight is 463 g/mol. The van der Waals surface area contributed by atoms with Crippen LogP contribution in [-0.2, 0) is 16.7 Å². The molecule has 7 heteroatoms. The fourth-order valence-corrected chi connectivity index (χ4v) is 6.49. The highest BCUT2D eigenvalue weighted by molar-refractivity contribution is 5.88. The van der Waals surface area contributed by atoms with Crippen molar-refractivity contribution in [2.45, 2.75) is 30.8 Å². The molecule has 0 unspecified atom stereocenters. The monoisotopic (exact) mass is 462 g/mol. The SMILES string of the molecule is COc1ccc2c3c([nH]c2c1)[C@H](CO)N(Cc1ccncc1)CC31CN(CC2CCOCC2)C1. The van der Waals surface area contributed by atoms with Crippen molar-refractivity contribution in [3.63, 3.8) is 0 Å². The highest BCUT2D eigenvalue weighted by atomic mass is 16.5. The van der Waals surface area contributed by atoms with Gasteiger partial charge < -0.3 is 24.5 Å². The number of aromatic amines is 1. The van der Waals surface area contributed by atoms with Gasteiger partial charge in [0.25, 0.3) is 0 Å². The van der Waals surface area contributed by atoms with E-state index in [1.165, 1.54) is 29.4 Å². The van der Waals surface area contributed by atoms with Crippen molar-refractivity contribution >= 4 is 10.9 Å². The zero-order chi connectivity index (χ0) is 23.1. The van der Waals surface area contributed by atoms with Crippen LogP contribution in [-0.4, -0.2) is 78.0 Å². The van der Waals surface area contributed by atoms with Gasteiger partial charge in [-0.25, -0.2) is 0 Å². The quantitative estimate of drug-likeness (QED) is 0.587. The van der Waals surface area contributed by atoms with Crippen LogP contribution >= 0.6 is 0 Å². The molecular formula is C27H34N4O3. The Morgan fingerprint density at radius 2 is 1.94 bits per heavy atom. The number of methoxy groups -OCH3 is 1. The van der Waals surface area contributed by atoms with Crippen LogP contribution in [0.5, 0.6) is 5.75 Å². The summed E-state index contributed by atoms with van der Waals surface area (Å²) < 4.78 is 11.1. The van der Waals surface area contributed by atoms with Crippen molar-refractivity contribution in [2.24, 2.45) is 5.92 Å². The van der Waals surface area contributed by atoms with Crippen LogP contribution in [0.2, 0.25) is 0 Å². The van der Waals surface area contributed by atoms with Gasteiger partial charge in [0.15, 0.2) is 0 Å². The largest absolute Gasteiger partial charge is 0.497 e. The van der Waals surface area contributed by atoms with Gasteiger partial charge in [0.2, 0.25) is 0 Å². The number of nitrogens with zero attached hydrogens (tertiary/aromatic N) is 3. The van der Waals surface area contributed by atoms with Crippen molar-refractivity contribution < 1.29 is 14.6 Å². The van der Waals surface area contributed by atoms with E-state index >= 15 is 0 Å². The van der Waals surface area contributed by atoms with Crippen molar-refractivity contribution in [3.8, 4) is 5.75 Å². The molecule has 5 heterocycles. The van der Waals surface area contributed by atoms with Gasteiger partial charge in [0, 0.05) is 86.4 Å². The second-order valence-corrected chi connectivity index (χ2v) is 10.3. The summed E-state index contributed by atoms with van der Waals surface area (Å²) in [6, 6.07) is 10.4.